The van der Waals surface area contributed by atoms with E-state index < -0.39 is 5.97 Å². The second kappa shape index (κ2) is 2.60. The molecule has 0 aromatic rings. The number of quaternary nitrogens is 1. The Labute approximate surface area is 77.7 Å². The minimum atomic E-state index is -0.600. The standard InChI is InChI=1S/C8H13NO2.ClH/c9-8-3-1-2-7(4-8,5-8)6(10)11;/h1-5,9H2,(H,10,11);1H. The highest BCUT2D eigenvalue weighted by atomic mass is 35.5. The minimum Gasteiger partial charge on any atom is -1.00 e. The summed E-state index contributed by atoms with van der Waals surface area (Å²) < 4.78 is 0. The fraction of sp³-hybridized carbons (Fsp3) is 0.875. The van der Waals surface area contributed by atoms with Gasteiger partial charge in [0.25, 0.3) is 0 Å². The molecule has 12 heavy (non-hydrogen) atoms. The van der Waals surface area contributed by atoms with Crippen LogP contribution in [0.4, 0.5) is 0 Å². The predicted octanol–water partition coefficient (Wildman–Crippen LogP) is -2.98. The maximum atomic E-state index is 10.8. The molecule has 3 aliphatic rings. The lowest BCUT2D eigenvalue weighted by molar-refractivity contribution is -0.522. The van der Waals surface area contributed by atoms with Gasteiger partial charge >= 0.3 is 5.97 Å². The maximum Gasteiger partial charge on any atom is 0.310 e. The molecule has 0 unspecified atom stereocenters. The summed E-state index contributed by atoms with van der Waals surface area (Å²) >= 11 is 0. The summed E-state index contributed by atoms with van der Waals surface area (Å²) in [6.45, 7) is 0. The highest BCUT2D eigenvalue weighted by Crippen LogP contribution is 2.55. The smallest absolute Gasteiger partial charge is 0.310 e. The number of hydrogen-bond acceptors (Lipinski definition) is 1. The number of hydrogen-bond donors (Lipinski definition) is 2. The summed E-state index contributed by atoms with van der Waals surface area (Å²) in [5.74, 6) is -0.600. The van der Waals surface area contributed by atoms with Gasteiger partial charge in [0.1, 0.15) is 0 Å². The Kier molecular flexibility index (Phi) is 2.13. The quantitative estimate of drug-likeness (QED) is 0.465. The number of fused-ring (bicyclic) bond motifs is 2. The SMILES string of the molecule is [Cl-].[NH3+]C12CCCC(C(=O)O)(C1)C2. The van der Waals surface area contributed by atoms with Crippen LogP contribution in [0.5, 0.6) is 0 Å². The van der Waals surface area contributed by atoms with E-state index in [-0.39, 0.29) is 23.4 Å². The number of aliphatic carboxylic acids is 1. The zero-order valence-electron chi connectivity index (χ0n) is 6.98. The van der Waals surface area contributed by atoms with Crippen molar-refractivity contribution in [3.05, 3.63) is 0 Å². The number of rotatable bonds is 1. The second-order valence-electron chi connectivity index (χ2n) is 4.29. The Morgan fingerprint density at radius 2 is 1.92 bits per heavy atom. The van der Waals surface area contributed by atoms with Gasteiger partial charge in [-0.15, -0.1) is 0 Å². The van der Waals surface area contributed by atoms with Crippen molar-refractivity contribution in [1.82, 2.24) is 0 Å². The Morgan fingerprint density at radius 3 is 2.25 bits per heavy atom. The zero-order chi connectivity index (χ0) is 8.11. The third-order valence-electron chi connectivity index (χ3n) is 3.24. The topological polar surface area (TPSA) is 64.9 Å². The molecule has 0 aromatic carbocycles. The molecule has 3 saturated carbocycles. The maximum absolute atomic E-state index is 10.8. The Bertz CT molecular complexity index is 211. The van der Waals surface area contributed by atoms with Gasteiger partial charge in [-0.25, -0.2) is 0 Å². The minimum absolute atomic E-state index is 0. The van der Waals surface area contributed by atoms with Crippen LogP contribution in [0.15, 0.2) is 0 Å². The average molecular weight is 192 g/mol. The summed E-state index contributed by atoms with van der Waals surface area (Å²) in [6, 6.07) is 0. The molecule has 2 bridgehead atoms. The third kappa shape index (κ3) is 1.12. The van der Waals surface area contributed by atoms with Gasteiger partial charge in [0.15, 0.2) is 0 Å². The molecule has 0 spiro atoms. The first-order valence-electron chi connectivity index (χ1n) is 4.15. The fourth-order valence-electron chi connectivity index (χ4n) is 2.80. The fourth-order valence-corrected chi connectivity index (χ4v) is 2.80. The van der Waals surface area contributed by atoms with Gasteiger partial charge in [-0.1, -0.05) is 0 Å². The summed E-state index contributed by atoms with van der Waals surface area (Å²) in [6.07, 6.45) is 4.68. The molecule has 0 radical (unpaired) electrons. The van der Waals surface area contributed by atoms with Crippen LogP contribution in [0, 0.1) is 5.41 Å². The molecule has 0 aromatic heterocycles. The van der Waals surface area contributed by atoms with Crippen LogP contribution in [-0.2, 0) is 4.79 Å². The van der Waals surface area contributed by atoms with E-state index >= 15 is 0 Å². The van der Waals surface area contributed by atoms with Crippen LogP contribution in [0.2, 0.25) is 0 Å². The van der Waals surface area contributed by atoms with Crippen molar-refractivity contribution in [2.24, 2.45) is 5.41 Å². The number of carboxylic acid groups (broad SMARTS) is 1. The van der Waals surface area contributed by atoms with Gasteiger partial charge in [0.2, 0.25) is 0 Å². The van der Waals surface area contributed by atoms with E-state index in [1.165, 1.54) is 0 Å². The molecule has 3 fully saturated rings. The molecule has 4 N–H and O–H groups in total. The molecular formula is C8H14ClNO2. The summed E-state index contributed by atoms with van der Waals surface area (Å²) in [4.78, 5) is 10.8. The van der Waals surface area contributed by atoms with Crippen molar-refractivity contribution in [3.8, 4) is 0 Å². The van der Waals surface area contributed by atoms with Gasteiger partial charge in [-0.2, -0.15) is 0 Å². The van der Waals surface area contributed by atoms with E-state index in [4.69, 9.17) is 5.11 Å². The van der Waals surface area contributed by atoms with Gasteiger partial charge in [0.05, 0.1) is 11.0 Å². The third-order valence-corrected chi connectivity index (χ3v) is 3.24. The van der Waals surface area contributed by atoms with E-state index in [2.05, 4.69) is 5.73 Å². The van der Waals surface area contributed by atoms with Gasteiger partial charge in [-0.05, 0) is 12.8 Å². The van der Waals surface area contributed by atoms with E-state index in [9.17, 15) is 4.79 Å². The average Bonchev–Trinajstić information content (AvgIpc) is 1.85. The summed E-state index contributed by atoms with van der Waals surface area (Å²) in [5, 5.41) is 8.92. The van der Waals surface area contributed by atoms with Crippen LogP contribution in [0.25, 0.3) is 0 Å². The highest BCUT2D eigenvalue weighted by molar-refractivity contribution is 5.76. The van der Waals surface area contributed by atoms with E-state index in [1.54, 1.807) is 0 Å². The van der Waals surface area contributed by atoms with Crippen LogP contribution in [0.1, 0.15) is 32.1 Å². The van der Waals surface area contributed by atoms with E-state index in [0.29, 0.717) is 0 Å². The van der Waals surface area contributed by atoms with Crippen LogP contribution in [-0.4, -0.2) is 16.6 Å². The van der Waals surface area contributed by atoms with Crippen LogP contribution >= 0.6 is 0 Å². The largest absolute Gasteiger partial charge is 1.00 e. The highest BCUT2D eigenvalue weighted by Gasteiger charge is 2.62. The lowest BCUT2D eigenvalue weighted by Crippen LogP contribution is -3.00. The van der Waals surface area contributed by atoms with Crippen molar-refractivity contribution >= 4 is 5.97 Å². The second-order valence-corrected chi connectivity index (χ2v) is 4.29. The van der Waals surface area contributed by atoms with Gasteiger partial charge < -0.3 is 23.2 Å². The monoisotopic (exact) mass is 191 g/mol. The Balaban J connectivity index is 0.000000720. The molecule has 3 nitrogen and oxygen atoms in total. The molecule has 0 saturated heterocycles. The lowest BCUT2D eigenvalue weighted by Gasteiger charge is -2.53. The van der Waals surface area contributed by atoms with Crippen LogP contribution < -0.4 is 18.1 Å². The predicted molar refractivity (Wildman–Crippen MR) is 38.8 cm³/mol. The molecule has 0 amide bonds. The van der Waals surface area contributed by atoms with E-state index in [1.807, 2.05) is 0 Å². The molecule has 70 valence electrons. The Hall–Kier alpha value is -0.280. The number of carboxylic acids is 1. The van der Waals surface area contributed by atoms with Crippen LogP contribution in [0.3, 0.4) is 0 Å². The zero-order valence-corrected chi connectivity index (χ0v) is 7.73. The normalized spacial score (nSPS) is 44.1. The molecule has 0 heterocycles. The summed E-state index contributed by atoms with van der Waals surface area (Å²) in [5.41, 5.74) is 3.83. The first kappa shape index (κ1) is 9.81. The van der Waals surface area contributed by atoms with Gasteiger partial charge in [0, 0.05) is 19.3 Å². The van der Waals surface area contributed by atoms with Crippen molar-refractivity contribution in [1.29, 1.82) is 0 Å². The molecule has 4 heteroatoms. The molecule has 3 aliphatic carbocycles. The molecular weight excluding hydrogens is 178 g/mol. The number of carbonyl (C=O) groups is 1. The molecule has 0 atom stereocenters. The number of halogens is 1. The van der Waals surface area contributed by atoms with Crippen molar-refractivity contribution < 1.29 is 28.0 Å². The Morgan fingerprint density at radius 1 is 1.33 bits per heavy atom. The van der Waals surface area contributed by atoms with E-state index in [0.717, 1.165) is 32.1 Å². The first-order chi connectivity index (χ1) is 5.06. The van der Waals surface area contributed by atoms with Crippen molar-refractivity contribution in [2.75, 3.05) is 0 Å². The lowest BCUT2D eigenvalue weighted by atomic mass is 9.50. The van der Waals surface area contributed by atoms with Crippen molar-refractivity contribution in [3.63, 3.8) is 0 Å². The van der Waals surface area contributed by atoms with Crippen molar-refractivity contribution in [2.45, 2.75) is 37.6 Å². The van der Waals surface area contributed by atoms with Gasteiger partial charge in [-0.3, -0.25) is 4.79 Å². The molecule has 0 aliphatic heterocycles. The first-order valence-corrected chi connectivity index (χ1v) is 4.15. The molecule has 3 rings (SSSR count). The summed E-state index contributed by atoms with van der Waals surface area (Å²) in [7, 11) is 0.